The van der Waals surface area contributed by atoms with E-state index < -0.39 is 4.92 Å². The van der Waals surface area contributed by atoms with E-state index in [1.165, 1.54) is 12.1 Å². The molecule has 0 unspecified atom stereocenters. The smallest absolute Gasteiger partial charge is 0.273 e. The number of nitrogens with zero attached hydrogens (tertiary/aromatic N) is 1. The molecule has 0 amide bonds. The monoisotopic (exact) mass is 247 g/mol. The molecule has 1 heterocycles. The van der Waals surface area contributed by atoms with Gasteiger partial charge in [-0.25, -0.2) is 0 Å². The third-order valence-corrected chi connectivity index (χ3v) is 2.86. The van der Waals surface area contributed by atoms with Crippen LogP contribution in [0.3, 0.4) is 0 Å². The average Bonchev–Trinajstić information content (AvgIpc) is 2.66. The van der Waals surface area contributed by atoms with E-state index in [2.05, 4.69) is 0 Å². The highest BCUT2D eigenvalue weighted by Gasteiger charge is 2.12. The lowest BCUT2D eigenvalue weighted by atomic mass is 10.1. The fraction of sp³-hybridized carbons (Fsp3) is 0. The highest BCUT2D eigenvalue weighted by molar-refractivity contribution is 6.31. The number of non-ortho nitro benzene ring substituents is 1. The zero-order valence-corrected chi connectivity index (χ0v) is 9.27. The van der Waals surface area contributed by atoms with E-state index in [-0.39, 0.29) is 5.69 Å². The predicted octanol–water partition coefficient (Wildman–Crippen LogP) is 4.15. The lowest BCUT2D eigenvalue weighted by Gasteiger charge is -1.91. The number of hydrogen-bond acceptors (Lipinski definition) is 3. The molecule has 0 aliphatic heterocycles. The van der Waals surface area contributed by atoms with Crippen LogP contribution in [0.1, 0.15) is 0 Å². The molecular weight excluding hydrogens is 242 g/mol. The van der Waals surface area contributed by atoms with Crippen molar-refractivity contribution in [2.45, 2.75) is 0 Å². The van der Waals surface area contributed by atoms with Gasteiger partial charge in [-0.15, -0.1) is 0 Å². The van der Waals surface area contributed by atoms with Crippen molar-refractivity contribution in [2.75, 3.05) is 0 Å². The number of furan rings is 1. The van der Waals surface area contributed by atoms with Gasteiger partial charge in [-0.2, -0.15) is 0 Å². The Morgan fingerprint density at radius 1 is 1.06 bits per heavy atom. The molecule has 4 nitrogen and oxygen atoms in total. The summed E-state index contributed by atoms with van der Waals surface area (Å²) in [6.45, 7) is 0. The van der Waals surface area contributed by atoms with Gasteiger partial charge in [0, 0.05) is 21.9 Å². The van der Waals surface area contributed by atoms with Crippen LogP contribution in [0.25, 0.3) is 21.9 Å². The van der Waals surface area contributed by atoms with Crippen molar-refractivity contribution in [1.29, 1.82) is 0 Å². The van der Waals surface area contributed by atoms with Gasteiger partial charge >= 0.3 is 0 Å². The Labute approximate surface area is 101 Å². The summed E-state index contributed by atoms with van der Waals surface area (Å²) in [5.74, 6) is 0. The molecule has 3 rings (SSSR count). The number of benzene rings is 2. The summed E-state index contributed by atoms with van der Waals surface area (Å²) < 4.78 is 5.54. The van der Waals surface area contributed by atoms with Crippen molar-refractivity contribution in [3.63, 3.8) is 0 Å². The summed E-state index contributed by atoms with van der Waals surface area (Å²) in [5.41, 5.74) is 1.18. The van der Waals surface area contributed by atoms with Crippen molar-refractivity contribution < 1.29 is 9.34 Å². The molecule has 0 aliphatic rings. The molecule has 0 saturated carbocycles. The van der Waals surface area contributed by atoms with Crippen LogP contribution < -0.4 is 0 Å². The topological polar surface area (TPSA) is 56.3 Å². The number of halogens is 1. The molecule has 0 aliphatic carbocycles. The van der Waals surface area contributed by atoms with E-state index in [9.17, 15) is 10.1 Å². The summed E-state index contributed by atoms with van der Waals surface area (Å²) >= 11 is 5.91. The van der Waals surface area contributed by atoms with Crippen LogP contribution in [0.5, 0.6) is 0 Å². The molecule has 1 aromatic heterocycles. The molecule has 0 bridgehead atoms. The zero-order chi connectivity index (χ0) is 12.0. The summed E-state index contributed by atoms with van der Waals surface area (Å²) in [7, 11) is 0. The normalized spacial score (nSPS) is 11.1. The molecule has 0 fully saturated rings. The van der Waals surface area contributed by atoms with E-state index >= 15 is 0 Å². The number of rotatable bonds is 1. The van der Waals surface area contributed by atoms with Crippen molar-refractivity contribution in [2.24, 2.45) is 0 Å². The number of nitro benzene ring substituents is 1. The van der Waals surface area contributed by atoms with Crippen molar-refractivity contribution >= 4 is 39.2 Å². The highest BCUT2D eigenvalue weighted by Crippen LogP contribution is 2.32. The first kappa shape index (κ1) is 10.1. The largest absolute Gasteiger partial charge is 0.456 e. The number of nitro groups is 1. The second-order valence-corrected chi connectivity index (χ2v) is 4.12. The molecule has 2 aromatic carbocycles. The second-order valence-electron chi connectivity index (χ2n) is 3.68. The molecular formula is C12H6ClNO3. The van der Waals surface area contributed by atoms with Crippen LogP contribution in [-0.2, 0) is 0 Å². The molecule has 0 spiro atoms. The maximum atomic E-state index is 10.7. The SMILES string of the molecule is O=[N+]([O-])c1ccc2c(c1)oc1ccc(Cl)cc12. The van der Waals surface area contributed by atoms with E-state index in [1.54, 1.807) is 24.3 Å². The van der Waals surface area contributed by atoms with Gasteiger partial charge in [-0.05, 0) is 24.3 Å². The maximum Gasteiger partial charge on any atom is 0.273 e. The Balaban J connectivity index is 2.39. The summed E-state index contributed by atoms with van der Waals surface area (Å²) in [4.78, 5) is 10.2. The lowest BCUT2D eigenvalue weighted by Crippen LogP contribution is -1.85. The summed E-state index contributed by atoms with van der Waals surface area (Å²) in [6, 6.07) is 9.82. The van der Waals surface area contributed by atoms with Crippen LogP contribution in [0.4, 0.5) is 5.69 Å². The van der Waals surface area contributed by atoms with E-state index in [0.717, 1.165) is 10.8 Å². The van der Waals surface area contributed by atoms with Crippen molar-refractivity contribution in [3.8, 4) is 0 Å². The third kappa shape index (κ3) is 1.54. The first-order valence-corrected chi connectivity index (χ1v) is 5.29. The van der Waals surface area contributed by atoms with Crippen LogP contribution in [0.2, 0.25) is 5.02 Å². The van der Waals surface area contributed by atoms with Crippen molar-refractivity contribution in [1.82, 2.24) is 0 Å². The maximum absolute atomic E-state index is 10.7. The van der Waals surface area contributed by atoms with E-state index in [0.29, 0.717) is 16.2 Å². The highest BCUT2D eigenvalue weighted by atomic mass is 35.5. The summed E-state index contributed by atoms with van der Waals surface area (Å²) in [6.07, 6.45) is 0. The van der Waals surface area contributed by atoms with Crippen LogP contribution >= 0.6 is 11.6 Å². The standard InChI is InChI=1S/C12H6ClNO3/c13-7-1-4-11-10(5-7)9-3-2-8(14(15)16)6-12(9)17-11/h1-6H. The average molecular weight is 248 g/mol. The molecule has 0 N–H and O–H groups in total. The van der Waals surface area contributed by atoms with Gasteiger partial charge in [0.1, 0.15) is 11.2 Å². The van der Waals surface area contributed by atoms with Crippen molar-refractivity contribution in [3.05, 3.63) is 51.5 Å². The van der Waals surface area contributed by atoms with Crippen LogP contribution in [-0.4, -0.2) is 4.92 Å². The Kier molecular flexibility index (Phi) is 2.06. The molecule has 84 valence electrons. The first-order valence-electron chi connectivity index (χ1n) is 4.91. The third-order valence-electron chi connectivity index (χ3n) is 2.63. The van der Waals surface area contributed by atoms with E-state index in [1.807, 2.05) is 0 Å². The summed E-state index contributed by atoms with van der Waals surface area (Å²) in [5, 5.41) is 13.0. The van der Waals surface area contributed by atoms with Crippen LogP contribution in [0.15, 0.2) is 40.8 Å². The number of fused-ring (bicyclic) bond motifs is 3. The van der Waals surface area contributed by atoms with Gasteiger partial charge in [-0.3, -0.25) is 10.1 Å². The van der Waals surface area contributed by atoms with Gasteiger partial charge in [0.25, 0.3) is 5.69 Å². The Hall–Kier alpha value is -2.07. The predicted molar refractivity (Wildman–Crippen MR) is 65.4 cm³/mol. The Morgan fingerprint density at radius 2 is 1.88 bits per heavy atom. The minimum absolute atomic E-state index is 0.0163. The second kappa shape index (κ2) is 3.46. The minimum Gasteiger partial charge on any atom is -0.456 e. The van der Waals surface area contributed by atoms with E-state index in [4.69, 9.17) is 16.0 Å². The minimum atomic E-state index is -0.445. The van der Waals surface area contributed by atoms with Crippen LogP contribution in [0, 0.1) is 10.1 Å². The first-order chi connectivity index (χ1) is 8.15. The van der Waals surface area contributed by atoms with Gasteiger partial charge < -0.3 is 4.42 Å². The molecule has 0 saturated heterocycles. The molecule has 3 aromatic rings. The fourth-order valence-corrected chi connectivity index (χ4v) is 2.02. The molecule has 0 atom stereocenters. The zero-order valence-electron chi connectivity index (χ0n) is 8.51. The Morgan fingerprint density at radius 3 is 2.65 bits per heavy atom. The van der Waals surface area contributed by atoms with Gasteiger partial charge in [0.15, 0.2) is 0 Å². The lowest BCUT2D eigenvalue weighted by molar-refractivity contribution is -0.384. The quantitative estimate of drug-likeness (QED) is 0.479. The van der Waals surface area contributed by atoms with Gasteiger partial charge in [0.2, 0.25) is 0 Å². The molecule has 5 heteroatoms. The number of hydrogen-bond donors (Lipinski definition) is 0. The molecule has 17 heavy (non-hydrogen) atoms. The fourth-order valence-electron chi connectivity index (χ4n) is 1.85. The Bertz CT molecular complexity index is 748. The van der Waals surface area contributed by atoms with Gasteiger partial charge in [-0.1, -0.05) is 11.6 Å². The molecule has 0 radical (unpaired) electrons. The van der Waals surface area contributed by atoms with Gasteiger partial charge in [0.05, 0.1) is 11.0 Å².